The highest BCUT2D eigenvalue weighted by atomic mass is 32.2. The van der Waals surface area contributed by atoms with Crippen LogP contribution in [0.3, 0.4) is 0 Å². The summed E-state index contributed by atoms with van der Waals surface area (Å²) >= 11 is 1.18. The molecule has 0 aliphatic carbocycles. The maximum absolute atomic E-state index is 13.8. The highest BCUT2D eigenvalue weighted by Crippen LogP contribution is 2.33. The van der Waals surface area contributed by atoms with Gasteiger partial charge in [-0.2, -0.15) is 0 Å². The van der Waals surface area contributed by atoms with Gasteiger partial charge in [0.05, 0.1) is 25.7 Å². The SMILES string of the molecule is COc1ccc(-n2c(SCC(=O)NCc3ccc4c(c3)OCO4)nc3c([nH]c4ccccc43)c2=O)cc1OC. The smallest absolute Gasteiger partial charge is 0.283 e. The van der Waals surface area contributed by atoms with Gasteiger partial charge in [-0.3, -0.25) is 14.2 Å². The molecule has 0 fully saturated rings. The number of aromatic nitrogens is 3. The van der Waals surface area contributed by atoms with Crippen LogP contribution in [0.15, 0.2) is 70.6 Å². The zero-order valence-corrected chi connectivity index (χ0v) is 22.0. The molecule has 0 saturated heterocycles. The molecule has 0 saturated carbocycles. The van der Waals surface area contributed by atoms with Crippen LogP contribution in [0.1, 0.15) is 5.56 Å². The molecule has 11 heteroatoms. The van der Waals surface area contributed by atoms with Gasteiger partial charge in [-0.15, -0.1) is 0 Å². The van der Waals surface area contributed by atoms with Gasteiger partial charge in [0.15, 0.2) is 28.2 Å². The molecule has 1 amide bonds. The first-order chi connectivity index (χ1) is 19.1. The Morgan fingerprint density at radius 3 is 2.72 bits per heavy atom. The number of rotatable bonds is 8. The summed E-state index contributed by atoms with van der Waals surface area (Å²) in [7, 11) is 3.08. The number of fused-ring (bicyclic) bond motifs is 4. The second-order valence-corrected chi connectivity index (χ2v) is 9.66. The van der Waals surface area contributed by atoms with Crippen molar-refractivity contribution >= 4 is 39.6 Å². The molecule has 3 aromatic carbocycles. The van der Waals surface area contributed by atoms with Gasteiger partial charge >= 0.3 is 0 Å². The lowest BCUT2D eigenvalue weighted by atomic mass is 10.2. The number of ether oxygens (including phenoxy) is 4. The van der Waals surface area contributed by atoms with Gasteiger partial charge in [0.1, 0.15) is 11.0 Å². The van der Waals surface area contributed by atoms with E-state index in [2.05, 4.69) is 10.3 Å². The lowest BCUT2D eigenvalue weighted by Gasteiger charge is -2.14. The van der Waals surface area contributed by atoms with E-state index in [1.807, 2.05) is 42.5 Å². The van der Waals surface area contributed by atoms with Crippen LogP contribution in [-0.4, -0.2) is 47.2 Å². The van der Waals surface area contributed by atoms with Crippen molar-refractivity contribution in [3.63, 3.8) is 0 Å². The summed E-state index contributed by atoms with van der Waals surface area (Å²) in [6.45, 7) is 0.519. The second-order valence-electron chi connectivity index (χ2n) is 8.72. The molecule has 5 aromatic rings. The normalized spacial score (nSPS) is 12.2. The average Bonchev–Trinajstić information content (AvgIpc) is 3.59. The minimum absolute atomic E-state index is 0.0537. The molecule has 6 rings (SSSR count). The van der Waals surface area contributed by atoms with E-state index in [1.165, 1.54) is 23.4 Å². The molecule has 1 aliphatic heterocycles. The van der Waals surface area contributed by atoms with Crippen LogP contribution < -0.4 is 29.8 Å². The molecule has 3 heterocycles. The minimum atomic E-state index is -0.285. The van der Waals surface area contributed by atoms with Crippen LogP contribution in [-0.2, 0) is 11.3 Å². The fraction of sp³-hybridized carbons (Fsp3) is 0.179. The molecule has 0 unspecified atom stereocenters. The van der Waals surface area contributed by atoms with Gasteiger partial charge in [0.2, 0.25) is 12.7 Å². The van der Waals surface area contributed by atoms with Gasteiger partial charge in [-0.25, -0.2) is 4.98 Å². The molecule has 2 N–H and O–H groups in total. The van der Waals surface area contributed by atoms with Crippen molar-refractivity contribution in [1.29, 1.82) is 0 Å². The molecule has 10 nitrogen and oxygen atoms in total. The zero-order valence-electron chi connectivity index (χ0n) is 21.1. The minimum Gasteiger partial charge on any atom is -0.493 e. The van der Waals surface area contributed by atoms with E-state index < -0.39 is 0 Å². The van der Waals surface area contributed by atoms with E-state index >= 15 is 0 Å². The summed E-state index contributed by atoms with van der Waals surface area (Å²) in [5.74, 6) is 2.20. The molecule has 1 aliphatic rings. The molecule has 198 valence electrons. The number of thioether (sulfide) groups is 1. The number of carbonyl (C=O) groups is 1. The van der Waals surface area contributed by atoms with Gasteiger partial charge in [-0.05, 0) is 35.9 Å². The van der Waals surface area contributed by atoms with Crippen molar-refractivity contribution in [2.45, 2.75) is 11.7 Å². The van der Waals surface area contributed by atoms with Crippen molar-refractivity contribution in [1.82, 2.24) is 19.9 Å². The quantitative estimate of drug-likeness (QED) is 0.222. The zero-order chi connectivity index (χ0) is 26.9. The Labute approximate surface area is 226 Å². The van der Waals surface area contributed by atoms with Crippen molar-refractivity contribution in [2.24, 2.45) is 0 Å². The summed E-state index contributed by atoms with van der Waals surface area (Å²) in [6.07, 6.45) is 0. The summed E-state index contributed by atoms with van der Waals surface area (Å²) in [5, 5.41) is 4.12. The summed E-state index contributed by atoms with van der Waals surface area (Å²) in [6, 6.07) is 18.3. The molecular formula is C28H24N4O6S. The average molecular weight is 545 g/mol. The topological polar surface area (TPSA) is 117 Å². The lowest BCUT2D eigenvalue weighted by molar-refractivity contribution is -0.118. The Morgan fingerprint density at radius 2 is 1.87 bits per heavy atom. The predicted molar refractivity (Wildman–Crippen MR) is 147 cm³/mol. The Hall–Kier alpha value is -4.64. The molecule has 0 spiro atoms. The fourth-order valence-corrected chi connectivity index (χ4v) is 5.30. The third kappa shape index (κ3) is 4.61. The Morgan fingerprint density at radius 1 is 1.05 bits per heavy atom. The van der Waals surface area contributed by atoms with Crippen LogP contribution in [0.4, 0.5) is 0 Å². The molecule has 0 radical (unpaired) electrons. The van der Waals surface area contributed by atoms with Gasteiger partial charge < -0.3 is 29.2 Å². The van der Waals surface area contributed by atoms with E-state index in [0.29, 0.717) is 51.4 Å². The number of benzene rings is 3. The maximum atomic E-state index is 13.8. The largest absolute Gasteiger partial charge is 0.493 e. The van der Waals surface area contributed by atoms with Crippen molar-refractivity contribution in [3.8, 4) is 28.7 Å². The summed E-state index contributed by atoms with van der Waals surface area (Å²) in [4.78, 5) is 34.7. The monoisotopic (exact) mass is 544 g/mol. The van der Waals surface area contributed by atoms with Gasteiger partial charge in [0.25, 0.3) is 5.56 Å². The molecule has 0 atom stereocenters. The van der Waals surface area contributed by atoms with Crippen molar-refractivity contribution in [2.75, 3.05) is 26.8 Å². The van der Waals surface area contributed by atoms with Crippen molar-refractivity contribution in [3.05, 3.63) is 76.6 Å². The number of nitrogens with zero attached hydrogens (tertiary/aromatic N) is 2. The van der Waals surface area contributed by atoms with E-state index in [0.717, 1.165) is 16.5 Å². The first-order valence-corrected chi connectivity index (χ1v) is 13.1. The highest BCUT2D eigenvalue weighted by Gasteiger charge is 2.20. The first-order valence-electron chi connectivity index (χ1n) is 12.1. The van der Waals surface area contributed by atoms with E-state index in [1.54, 1.807) is 25.3 Å². The molecular weight excluding hydrogens is 520 g/mol. The third-order valence-corrected chi connectivity index (χ3v) is 7.32. The number of para-hydroxylation sites is 1. The van der Waals surface area contributed by atoms with Gasteiger partial charge in [-0.1, -0.05) is 36.0 Å². The number of carbonyl (C=O) groups excluding carboxylic acids is 1. The van der Waals surface area contributed by atoms with Crippen LogP contribution in [0.5, 0.6) is 23.0 Å². The van der Waals surface area contributed by atoms with Crippen molar-refractivity contribution < 1.29 is 23.7 Å². The van der Waals surface area contributed by atoms with Crippen LogP contribution in [0.25, 0.3) is 27.6 Å². The number of hydrogen-bond acceptors (Lipinski definition) is 8. The number of hydrogen-bond donors (Lipinski definition) is 2. The fourth-order valence-electron chi connectivity index (χ4n) is 4.46. The highest BCUT2D eigenvalue weighted by molar-refractivity contribution is 7.99. The Bertz CT molecular complexity index is 1780. The number of H-pyrrole nitrogens is 1. The molecule has 0 bridgehead atoms. The number of aromatic amines is 1. The van der Waals surface area contributed by atoms with Crippen LogP contribution in [0, 0.1) is 0 Å². The standard InChI is InChI=1S/C28H24N4O6S/c1-35-20-10-8-17(12-22(20)36-2)32-27(34)26-25(18-5-3-4-6-19(18)30-26)31-28(32)39-14-24(33)29-13-16-7-9-21-23(11-16)38-15-37-21/h3-12,30H,13-15H2,1-2H3,(H,29,33). The lowest BCUT2D eigenvalue weighted by Crippen LogP contribution is -2.26. The molecule has 2 aromatic heterocycles. The van der Waals surface area contributed by atoms with Crippen LogP contribution in [0.2, 0.25) is 0 Å². The maximum Gasteiger partial charge on any atom is 0.283 e. The predicted octanol–water partition coefficient (Wildman–Crippen LogP) is 4.02. The number of nitrogens with one attached hydrogen (secondary N) is 2. The Kier molecular flexibility index (Phi) is 6.49. The van der Waals surface area contributed by atoms with Crippen LogP contribution >= 0.6 is 11.8 Å². The van der Waals surface area contributed by atoms with E-state index in [-0.39, 0.29) is 24.0 Å². The number of methoxy groups -OCH3 is 2. The molecule has 39 heavy (non-hydrogen) atoms. The number of amides is 1. The van der Waals surface area contributed by atoms with E-state index in [9.17, 15) is 9.59 Å². The Balaban J connectivity index is 1.32. The first kappa shape index (κ1) is 24.7. The van der Waals surface area contributed by atoms with E-state index in [4.69, 9.17) is 23.9 Å². The summed E-state index contributed by atoms with van der Waals surface area (Å²) < 4.78 is 23.0. The third-order valence-electron chi connectivity index (χ3n) is 6.38. The summed E-state index contributed by atoms with van der Waals surface area (Å²) in [5.41, 5.74) is 2.87. The van der Waals surface area contributed by atoms with Gasteiger partial charge in [0, 0.05) is 23.5 Å². The second kappa shape index (κ2) is 10.3.